The van der Waals surface area contributed by atoms with Gasteiger partial charge in [0.1, 0.15) is 11.6 Å². The molecule has 6 heteroatoms. The van der Waals surface area contributed by atoms with E-state index < -0.39 is 15.9 Å². The lowest BCUT2D eigenvalue weighted by Gasteiger charge is -2.37. The quantitative estimate of drug-likeness (QED) is 0.592. The second-order valence-electron chi connectivity index (χ2n) is 8.30. The SMILES string of the molecule is CC1(C)[C@@H]2CC[C@]13CS(=O)(=O)N(C(=O)/C(C#N)=C/c1ccccc1)[C@@H]3C2. The standard InChI is InChI=1S/C20H22N2O3S/c1-19(2)16-8-9-20(19)13-26(24,25)22(17(20)11-16)18(23)15(12-21)10-14-6-4-3-5-7-14/h3-7,10,16-17H,8-9,11,13H2,1-2H3/b15-10+/t16-,17-,20-/m1/s1. The monoisotopic (exact) mass is 370 g/mol. The predicted octanol–water partition coefficient (Wildman–Crippen LogP) is 2.96. The summed E-state index contributed by atoms with van der Waals surface area (Å²) in [6, 6.07) is 10.6. The lowest BCUT2D eigenvalue weighted by Crippen LogP contribution is -2.44. The van der Waals surface area contributed by atoms with E-state index in [-0.39, 0.29) is 28.2 Å². The van der Waals surface area contributed by atoms with Crippen LogP contribution in [-0.2, 0) is 14.8 Å². The largest absolute Gasteiger partial charge is 0.278 e. The van der Waals surface area contributed by atoms with Crippen LogP contribution in [0.1, 0.15) is 38.7 Å². The van der Waals surface area contributed by atoms with Crippen LogP contribution in [0, 0.1) is 28.1 Å². The van der Waals surface area contributed by atoms with E-state index in [0.717, 1.165) is 17.1 Å². The van der Waals surface area contributed by atoms with E-state index in [2.05, 4.69) is 13.8 Å². The highest BCUT2D eigenvalue weighted by atomic mass is 32.2. The fraction of sp³-hybridized carbons (Fsp3) is 0.500. The maximum atomic E-state index is 13.1. The molecule has 1 aromatic rings. The highest BCUT2D eigenvalue weighted by molar-refractivity contribution is 7.90. The Labute approximate surface area is 154 Å². The molecular formula is C20H22N2O3S. The number of nitrogens with zero attached hydrogens (tertiary/aromatic N) is 2. The van der Waals surface area contributed by atoms with Gasteiger partial charge in [0.15, 0.2) is 0 Å². The molecule has 1 aromatic carbocycles. The minimum Gasteiger partial charge on any atom is -0.267 e. The van der Waals surface area contributed by atoms with Gasteiger partial charge in [-0.25, -0.2) is 12.7 Å². The number of benzene rings is 1. The van der Waals surface area contributed by atoms with Crippen molar-refractivity contribution in [3.8, 4) is 6.07 Å². The van der Waals surface area contributed by atoms with Crippen molar-refractivity contribution in [2.75, 3.05) is 5.75 Å². The van der Waals surface area contributed by atoms with E-state index >= 15 is 0 Å². The van der Waals surface area contributed by atoms with Gasteiger partial charge in [-0.1, -0.05) is 44.2 Å². The minimum atomic E-state index is -3.72. The van der Waals surface area contributed by atoms with Crippen LogP contribution in [0.25, 0.3) is 6.08 Å². The molecule has 0 radical (unpaired) electrons. The van der Waals surface area contributed by atoms with Gasteiger partial charge in [-0.15, -0.1) is 0 Å². The Morgan fingerprint density at radius 3 is 2.62 bits per heavy atom. The van der Waals surface area contributed by atoms with E-state index in [9.17, 15) is 18.5 Å². The molecule has 0 unspecified atom stereocenters. The summed E-state index contributed by atoms with van der Waals surface area (Å²) < 4.78 is 26.9. The molecule has 0 aromatic heterocycles. The Hall–Kier alpha value is -2.13. The van der Waals surface area contributed by atoms with E-state index in [0.29, 0.717) is 17.9 Å². The molecule has 2 saturated carbocycles. The van der Waals surface area contributed by atoms with E-state index in [4.69, 9.17) is 0 Å². The molecule has 1 spiro atoms. The van der Waals surface area contributed by atoms with Crippen LogP contribution in [0.5, 0.6) is 0 Å². The van der Waals surface area contributed by atoms with E-state index in [1.54, 1.807) is 12.1 Å². The highest BCUT2D eigenvalue weighted by Gasteiger charge is 2.72. The van der Waals surface area contributed by atoms with Crippen LogP contribution in [0.2, 0.25) is 0 Å². The third kappa shape index (κ3) is 2.13. The van der Waals surface area contributed by atoms with E-state index in [1.807, 2.05) is 24.3 Å². The number of hydrogen-bond acceptors (Lipinski definition) is 4. The molecule has 2 aliphatic carbocycles. The first kappa shape index (κ1) is 17.3. The second kappa shape index (κ2) is 5.43. The van der Waals surface area contributed by atoms with Gasteiger partial charge >= 0.3 is 0 Å². The minimum absolute atomic E-state index is 0.0178. The molecule has 136 valence electrons. The Morgan fingerprint density at radius 2 is 2.00 bits per heavy atom. The number of rotatable bonds is 2. The molecule has 3 fully saturated rings. The van der Waals surface area contributed by atoms with Crippen LogP contribution >= 0.6 is 0 Å². The summed E-state index contributed by atoms with van der Waals surface area (Å²) >= 11 is 0. The number of sulfonamides is 1. The lowest BCUT2D eigenvalue weighted by molar-refractivity contribution is -0.124. The van der Waals surface area contributed by atoms with Crippen molar-refractivity contribution in [1.82, 2.24) is 4.31 Å². The molecule has 2 bridgehead atoms. The average Bonchev–Trinajstić information content (AvgIpc) is 3.07. The Balaban J connectivity index is 1.75. The average molecular weight is 370 g/mol. The fourth-order valence-corrected chi connectivity index (χ4v) is 8.06. The van der Waals surface area contributed by atoms with Crippen molar-refractivity contribution in [3.63, 3.8) is 0 Å². The van der Waals surface area contributed by atoms with Gasteiger partial charge < -0.3 is 0 Å². The van der Waals surface area contributed by atoms with Crippen molar-refractivity contribution in [2.24, 2.45) is 16.7 Å². The molecule has 1 aliphatic heterocycles. The zero-order chi connectivity index (χ0) is 18.7. The zero-order valence-corrected chi connectivity index (χ0v) is 15.8. The number of hydrogen-bond donors (Lipinski definition) is 0. The lowest BCUT2D eigenvalue weighted by atomic mass is 9.69. The molecule has 3 aliphatic rings. The second-order valence-corrected chi connectivity index (χ2v) is 10.1. The number of nitriles is 1. The maximum Gasteiger partial charge on any atom is 0.278 e. The summed E-state index contributed by atoms with van der Waals surface area (Å²) in [5.74, 6) is -0.229. The van der Waals surface area contributed by atoms with Gasteiger partial charge in [0.05, 0.1) is 11.8 Å². The van der Waals surface area contributed by atoms with E-state index in [1.165, 1.54) is 6.08 Å². The van der Waals surface area contributed by atoms with Crippen molar-refractivity contribution in [3.05, 3.63) is 41.5 Å². The smallest absolute Gasteiger partial charge is 0.267 e. The van der Waals surface area contributed by atoms with Crippen molar-refractivity contribution < 1.29 is 13.2 Å². The molecule has 5 nitrogen and oxygen atoms in total. The summed E-state index contributed by atoms with van der Waals surface area (Å²) in [5.41, 5.74) is 0.101. The third-order valence-electron chi connectivity index (χ3n) is 7.07. The summed E-state index contributed by atoms with van der Waals surface area (Å²) in [6.45, 7) is 4.28. The van der Waals surface area contributed by atoms with Crippen molar-refractivity contribution >= 4 is 22.0 Å². The molecule has 0 N–H and O–H groups in total. The first-order valence-corrected chi connectivity index (χ1v) is 10.6. The molecule has 4 rings (SSSR count). The number of amides is 1. The Morgan fingerprint density at radius 1 is 1.31 bits per heavy atom. The number of fused-ring (bicyclic) bond motifs is 1. The summed E-state index contributed by atoms with van der Waals surface area (Å²) in [5, 5.41) is 9.50. The first-order chi connectivity index (χ1) is 12.2. The molecule has 1 amide bonds. The van der Waals surface area contributed by atoms with Gasteiger partial charge in [0, 0.05) is 5.41 Å². The Bertz CT molecular complexity index is 943. The highest BCUT2D eigenvalue weighted by Crippen LogP contribution is 2.70. The molecule has 3 atom stereocenters. The van der Waals surface area contributed by atoms with Crippen LogP contribution in [0.15, 0.2) is 35.9 Å². The topological polar surface area (TPSA) is 78.2 Å². The molecule has 1 saturated heterocycles. The van der Waals surface area contributed by atoms with Gasteiger partial charge in [0.2, 0.25) is 10.0 Å². The fourth-order valence-electron chi connectivity index (χ4n) is 5.53. The molecular weight excluding hydrogens is 348 g/mol. The maximum absolute atomic E-state index is 13.1. The third-order valence-corrected chi connectivity index (χ3v) is 8.97. The van der Waals surface area contributed by atoms with Crippen molar-refractivity contribution in [2.45, 2.75) is 39.2 Å². The molecule has 26 heavy (non-hydrogen) atoms. The van der Waals surface area contributed by atoms with Gasteiger partial charge in [-0.2, -0.15) is 5.26 Å². The number of carbonyl (C=O) groups is 1. The van der Waals surface area contributed by atoms with Crippen LogP contribution in [-0.4, -0.2) is 30.4 Å². The molecule has 1 heterocycles. The van der Waals surface area contributed by atoms with Crippen LogP contribution < -0.4 is 0 Å². The first-order valence-electron chi connectivity index (χ1n) is 8.96. The number of carbonyl (C=O) groups excluding carboxylic acids is 1. The zero-order valence-electron chi connectivity index (χ0n) is 15.0. The summed E-state index contributed by atoms with van der Waals surface area (Å²) in [6.07, 6.45) is 4.04. The predicted molar refractivity (Wildman–Crippen MR) is 98.0 cm³/mol. The van der Waals surface area contributed by atoms with Gasteiger partial charge in [-0.05, 0) is 42.2 Å². The van der Waals surface area contributed by atoms with Crippen molar-refractivity contribution in [1.29, 1.82) is 5.26 Å². The van der Waals surface area contributed by atoms with Crippen LogP contribution in [0.3, 0.4) is 0 Å². The van der Waals surface area contributed by atoms with Crippen LogP contribution in [0.4, 0.5) is 0 Å². The van der Waals surface area contributed by atoms with Gasteiger partial charge in [-0.3, -0.25) is 4.79 Å². The normalized spacial score (nSPS) is 33.7. The Kier molecular flexibility index (Phi) is 3.61. The summed E-state index contributed by atoms with van der Waals surface area (Å²) in [7, 11) is -3.72. The van der Waals surface area contributed by atoms with Gasteiger partial charge in [0.25, 0.3) is 5.91 Å². The summed E-state index contributed by atoms with van der Waals surface area (Å²) in [4.78, 5) is 13.1.